The maximum absolute atomic E-state index is 12.2. The van der Waals surface area contributed by atoms with Gasteiger partial charge in [-0.2, -0.15) is 0 Å². The molecule has 0 heterocycles. The van der Waals surface area contributed by atoms with Crippen molar-refractivity contribution in [1.82, 2.24) is 5.32 Å². The molecule has 1 amide bonds. The van der Waals surface area contributed by atoms with Gasteiger partial charge in [0.15, 0.2) is 0 Å². The van der Waals surface area contributed by atoms with Crippen LogP contribution in [0.4, 0.5) is 5.69 Å². The molecule has 0 radical (unpaired) electrons. The lowest BCUT2D eigenvalue weighted by Gasteiger charge is -2.04. The van der Waals surface area contributed by atoms with Crippen molar-refractivity contribution >= 4 is 23.9 Å². The standard InChI is InChI=1S/C18H17N5O/c1-2-20-18(24)17(12-14-8-4-3-5-9-14)21-13-15-10-6-7-11-16(15)22-23-19/h3-13H,2H2,1H3,(H,20,24)/b17-12-,21-13?. The number of nitrogens with one attached hydrogen (secondary N) is 1. The maximum atomic E-state index is 12.2. The zero-order valence-electron chi connectivity index (χ0n) is 13.3. The summed E-state index contributed by atoms with van der Waals surface area (Å²) in [5, 5.41) is 6.36. The lowest BCUT2D eigenvalue weighted by Crippen LogP contribution is -2.23. The van der Waals surface area contributed by atoms with Gasteiger partial charge < -0.3 is 5.32 Å². The van der Waals surface area contributed by atoms with Gasteiger partial charge in [-0.25, -0.2) is 0 Å². The summed E-state index contributed by atoms with van der Waals surface area (Å²) in [6, 6.07) is 16.5. The van der Waals surface area contributed by atoms with Crippen LogP contribution in [0.5, 0.6) is 0 Å². The molecule has 0 bridgehead atoms. The highest BCUT2D eigenvalue weighted by Gasteiger charge is 2.07. The van der Waals surface area contributed by atoms with Crippen LogP contribution in [0, 0.1) is 0 Å². The van der Waals surface area contributed by atoms with Crippen LogP contribution in [0.2, 0.25) is 0 Å². The van der Waals surface area contributed by atoms with Crippen molar-refractivity contribution in [3.8, 4) is 0 Å². The van der Waals surface area contributed by atoms with E-state index in [0.29, 0.717) is 17.8 Å². The van der Waals surface area contributed by atoms with Gasteiger partial charge in [0.05, 0.1) is 0 Å². The van der Waals surface area contributed by atoms with E-state index >= 15 is 0 Å². The molecule has 0 aromatic heterocycles. The minimum absolute atomic E-state index is 0.265. The van der Waals surface area contributed by atoms with Crippen molar-refractivity contribution in [2.45, 2.75) is 6.92 Å². The molecule has 0 aliphatic carbocycles. The first kappa shape index (κ1) is 17.0. The van der Waals surface area contributed by atoms with E-state index in [0.717, 1.165) is 5.56 Å². The van der Waals surface area contributed by atoms with Gasteiger partial charge in [-0.1, -0.05) is 59.7 Å². The van der Waals surface area contributed by atoms with Crippen molar-refractivity contribution in [3.05, 3.63) is 81.9 Å². The van der Waals surface area contributed by atoms with E-state index in [1.54, 1.807) is 24.3 Å². The Morgan fingerprint density at radius 2 is 1.88 bits per heavy atom. The predicted octanol–water partition coefficient (Wildman–Crippen LogP) is 4.22. The monoisotopic (exact) mass is 319 g/mol. The van der Waals surface area contributed by atoms with Gasteiger partial charge in [-0.05, 0) is 24.1 Å². The van der Waals surface area contributed by atoms with E-state index < -0.39 is 0 Å². The van der Waals surface area contributed by atoms with Crippen LogP contribution >= 0.6 is 0 Å². The minimum Gasteiger partial charge on any atom is -0.351 e. The SMILES string of the molecule is CCNC(=O)/C(=C/c1ccccc1)N=Cc1ccccc1N=[N+]=[N-]. The number of hydrogen-bond donors (Lipinski definition) is 1. The normalized spacial score (nSPS) is 11.1. The zero-order chi connectivity index (χ0) is 17.2. The number of nitrogens with zero attached hydrogens (tertiary/aromatic N) is 4. The zero-order valence-corrected chi connectivity index (χ0v) is 13.3. The number of rotatable bonds is 6. The summed E-state index contributed by atoms with van der Waals surface area (Å²) in [5.74, 6) is -0.265. The second-order valence-corrected chi connectivity index (χ2v) is 4.81. The molecule has 0 aliphatic rings. The summed E-state index contributed by atoms with van der Waals surface area (Å²) in [6.07, 6.45) is 3.23. The third-order valence-electron chi connectivity index (χ3n) is 3.10. The van der Waals surface area contributed by atoms with Gasteiger partial charge in [0, 0.05) is 28.9 Å². The summed E-state index contributed by atoms with van der Waals surface area (Å²) in [6.45, 7) is 2.36. The largest absolute Gasteiger partial charge is 0.351 e. The van der Waals surface area contributed by atoms with E-state index in [4.69, 9.17) is 5.53 Å². The molecule has 0 fully saturated rings. The lowest BCUT2D eigenvalue weighted by molar-refractivity contribution is -0.117. The fourth-order valence-corrected chi connectivity index (χ4v) is 1.99. The molecule has 0 saturated carbocycles. The molecule has 2 rings (SSSR count). The molecule has 120 valence electrons. The molecular weight excluding hydrogens is 302 g/mol. The van der Waals surface area contributed by atoms with Crippen molar-refractivity contribution in [1.29, 1.82) is 0 Å². The van der Waals surface area contributed by atoms with E-state index in [2.05, 4.69) is 20.3 Å². The number of benzene rings is 2. The minimum atomic E-state index is -0.265. The van der Waals surface area contributed by atoms with Gasteiger partial charge in [0.1, 0.15) is 5.70 Å². The number of carbonyl (C=O) groups excluding carboxylic acids is 1. The van der Waals surface area contributed by atoms with Gasteiger partial charge >= 0.3 is 0 Å². The van der Waals surface area contributed by atoms with Gasteiger partial charge in [-0.3, -0.25) is 9.79 Å². The third kappa shape index (κ3) is 4.83. The summed E-state index contributed by atoms with van der Waals surface area (Å²) in [4.78, 5) is 19.3. The maximum Gasteiger partial charge on any atom is 0.269 e. The molecule has 0 spiro atoms. The van der Waals surface area contributed by atoms with Crippen LogP contribution in [0.25, 0.3) is 16.5 Å². The molecule has 0 atom stereocenters. The Balaban J connectivity index is 2.37. The summed E-state index contributed by atoms with van der Waals surface area (Å²) >= 11 is 0. The van der Waals surface area contributed by atoms with Crippen LogP contribution in [0.15, 0.2) is 70.4 Å². The quantitative estimate of drug-likeness (QED) is 0.279. The number of likely N-dealkylation sites (N-methyl/N-ethyl adjacent to an activating group) is 1. The number of azide groups is 1. The Bertz CT molecular complexity index is 805. The second-order valence-electron chi connectivity index (χ2n) is 4.81. The Morgan fingerprint density at radius 3 is 2.58 bits per heavy atom. The van der Waals surface area contributed by atoms with E-state index in [-0.39, 0.29) is 11.6 Å². The Morgan fingerprint density at radius 1 is 1.17 bits per heavy atom. The van der Waals surface area contributed by atoms with Crippen molar-refractivity contribution < 1.29 is 4.79 Å². The molecule has 2 aromatic carbocycles. The van der Waals surface area contributed by atoms with Crippen LogP contribution < -0.4 is 5.32 Å². The average molecular weight is 319 g/mol. The average Bonchev–Trinajstić information content (AvgIpc) is 2.61. The molecule has 0 saturated heterocycles. The van der Waals surface area contributed by atoms with Gasteiger partial charge in [0.25, 0.3) is 5.91 Å². The summed E-state index contributed by atoms with van der Waals surface area (Å²) in [5.41, 5.74) is 10.9. The van der Waals surface area contributed by atoms with Gasteiger partial charge in [-0.15, -0.1) is 0 Å². The van der Waals surface area contributed by atoms with E-state index in [1.807, 2.05) is 43.3 Å². The molecule has 6 nitrogen and oxygen atoms in total. The van der Waals surface area contributed by atoms with Crippen molar-refractivity contribution in [3.63, 3.8) is 0 Å². The second kappa shape index (κ2) is 8.92. The molecule has 6 heteroatoms. The van der Waals surface area contributed by atoms with E-state index in [9.17, 15) is 4.79 Å². The Hall–Kier alpha value is -3.37. The Kier molecular flexibility index (Phi) is 6.32. The van der Waals surface area contributed by atoms with Crippen LogP contribution in [0.1, 0.15) is 18.1 Å². The molecule has 2 aromatic rings. The molecular formula is C18H17N5O. The smallest absolute Gasteiger partial charge is 0.269 e. The first-order valence-corrected chi connectivity index (χ1v) is 7.47. The number of carbonyl (C=O) groups is 1. The fraction of sp³-hybridized carbons (Fsp3) is 0.111. The number of aliphatic imine (C=N–C) groups is 1. The molecule has 0 aliphatic heterocycles. The van der Waals surface area contributed by atoms with Crippen LogP contribution in [-0.4, -0.2) is 18.7 Å². The lowest BCUT2D eigenvalue weighted by atomic mass is 10.2. The van der Waals surface area contributed by atoms with Crippen molar-refractivity contribution in [2.75, 3.05) is 6.54 Å². The topological polar surface area (TPSA) is 90.2 Å². The first-order valence-electron chi connectivity index (χ1n) is 7.47. The van der Waals surface area contributed by atoms with E-state index in [1.165, 1.54) is 6.21 Å². The molecule has 24 heavy (non-hydrogen) atoms. The fourth-order valence-electron chi connectivity index (χ4n) is 1.99. The summed E-state index contributed by atoms with van der Waals surface area (Å²) in [7, 11) is 0. The summed E-state index contributed by atoms with van der Waals surface area (Å²) < 4.78 is 0. The molecule has 1 N–H and O–H groups in total. The van der Waals surface area contributed by atoms with Gasteiger partial charge in [0.2, 0.25) is 0 Å². The van der Waals surface area contributed by atoms with Crippen LogP contribution in [0.3, 0.4) is 0 Å². The highest BCUT2D eigenvalue weighted by atomic mass is 16.2. The highest BCUT2D eigenvalue weighted by Crippen LogP contribution is 2.17. The highest BCUT2D eigenvalue weighted by molar-refractivity contribution is 6.00. The van der Waals surface area contributed by atoms with Crippen molar-refractivity contribution in [2.24, 2.45) is 10.1 Å². The number of hydrogen-bond acceptors (Lipinski definition) is 3. The molecule has 0 unspecified atom stereocenters. The number of amides is 1. The first-order chi connectivity index (χ1) is 11.7. The predicted molar refractivity (Wildman–Crippen MR) is 95.9 cm³/mol. The van der Waals surface area contributed by atoms with Crippen LogP contribution in [-0.2, 0) is 4.79 Å². The Labute approximate surface area is 140 Å². The third-order valence-corrected chi connectivity index (χ3v) is 3.10.